The molecule has 0 aromatic rings. The Morgan fingerprint density at radius 2 is 1.30 bits per heavy atom. The Bertz CT molecular complexity index is 446. The molecule has 0 aromatic heterocycles. The minimum absolute atomic E-state index is 0.00628. The quantitative estimate of drug-likeness (QED) is 0.333. The van der Waals surface area contributed by atoms with Gasteiger partial charge in [-0.1, -0.05) is 52.8 Å². The van der Waals surface area contributed by atoms with Gasteiger partial charge in [0.1, 0.15) is 5.78 Å². The highest BCUT2D eigenvalue weighted by Gasteiger charge is 2.38. The van der Waals surface area contributed by atoms with E-state index in [0.29, 0.717) is 26.2 Å². The van der Waals surface area contributed by atoms with Crippen molar-refractivity contribution in [2.75, 3.05) is 19.8 Å². The first-order valence-corrected chi connectivity index (χ1v) is 10.1. The zero-order valence-corrected chi connectivity index (χ0v) is 18.0. The highest BCUT2D eigenvalue weighted by Crippen LogP contribution is 2.30. The van der Waals surface area contributed by atoms with Crippen LogP contribution in [0.25, 0.3) is 0 Å². The average Bonchev–Trinajstić information content (AvgIpc) is 2.68. The number of hydrogen-bond acceptors (Lipinski definition) is 4. The van der Waals surface area contributed by atoms with E-state index in [9.17, 15) is 4.79 Å². The summed E-state index contributed by atoms with van der Waals surface area (Å²) >= 11 is 0. The second-order valence-electron chi connectivity index (χ2n) is 7.07. The Hall–Kier alpha value is -1.23. The maximum atomic E-state index is 12.4. The molecular formula is C23H40O4. The third-order valence-corrected chi connectivity index (χ3v) is 5.13. The van der Waals surface area contributed by atoms with Crippen molar-refractivity contribution in [3.63, 3.8) is 0 Å². The van der Waals surface area contributed by atoms with Crippen LogP contribution in [0.5, 0.6) is 0 Å². The highest BCUT2D eigenvalue weighted by molar-refractivity contribution is 5.80. The third kappa shape index (κ3) is 8.54. The first-order valence-electron chi connectivity index (χ1n) is 10.1. The Labute approximate surface area is 166 Å². The van der Waals surface area contributed by atoms with E-state index >= 15 is 0 Å². The lowest BCUT2D eigenvalue weighted by atomic mass is 9.80. The van der Waals surface area contributed by atoms with Crippen LogP contribution in [0.4, 0.5) is 0 Å². The minimum atomic E-state index is -0.246. The summed E-state index contributed by atoms with van der Waals surface area (Å²) in [6.07, 6.45) is 6.26. The largest absolute Gasteiger partial charge is 0.374 e. The SMILES string of the molecule is C=CCO[C@@H]([C@@H](C)[C@@H](CC)OCC=C)[C@H](C)[C@@H](OCC=C)[C@H](C)C(=O)CC. The predicted molar refractivity (Wildman–Crippen MR) is 113 cm³/mol. The van der Waals surface area contributed by atoms with Crippen molar-refractivity contribution in [1.29, 1.82) is 0 Å². The van der Waals surface area contributed by atoms with Gasteiger partial charge < -0.3 is 14.2 Å². The molecule has 0 amide bonds. The number of hydrogen-bond donors (Lipinski definition) is 0. The number of ether oxygens (including phenoxy) is 3. The molecule has 156 valence electrons. The van der Waals surface area contributed by atoms with Crippen LogP contribution in [-0.2, 0) is 19.0 Å². The second-order valence-corrected chi connectivity index (χ2v) is 7.07. The molecule has 0 spiro atoms. The lowest BCUT2D eigenvalue weighted by Gasteiger charge is -2.39. The molecule has 4 nitrogen and oxygen atoms in total. The summed E-state index contributed by atoms with van der Waals surface area (Å²) in [6.45, 7) is 22.8. The Morgan fingerprint density at radius 1 is 0.815 bits per heavy atom. The standard InChI is InChI=1S/C23H40O4/c1-9-14-25-21(13-5)18(7)23(27-16-11-3)19(8)22(26-15-10-2)17(6)20(24)12-4/h9-11,17-19,21-23H,1-3,12-16H2,4-8H3/t17-,18+,19-,21-,22+,23+/m1/s1. The van der Waals surface area contributed by atoms with Crippen LogP contribution in [0.2, 0.25) is 0 Å². The van der Waals surface area contributed by atoms with Crippen LogP contribution in [0, 0.1) is 17.8 Å². The highest BCUT2D eigenvalue weighted by atomic mass is 16.5. The molecule has 0 N–H and O–H groups in total. The van der Waals surface area contributed by atoms with Crippen LogP contribution < -0.4 is 0 Å². The van der Waals surface area contributed by atoms with Gasteiger partial charge in [-0.2, -0.15) is 0 Å². The monoisotopic (exact) mass is 380 g/mol. The summed E-state index contributed by atoms with van der Waals surface area (Å²) in [7, 11) is 0. The lowest BCUT2D eigenvalue weighted by molar-refractivity contribution is -0.137. The number of carbonyl (C=O) groups is 1. The maximum Gasteiger partial charge on any atom is 0.138 e. The number of rotatable bonds is 17. The zero-order valence-electron chi connectivity index (χ0n) is 18.0. The third-order valence-electron chi connectivity index (χ3n) is 5.13. The van der Waals surface area contributed by atoms with E-state index in [2.05, 4.69) is 40.5 Å². The van der Waals surface area contributed by atoms with Crippen molar-refractivity contribution in [1.82, 2.24) is 0 Å². The minimum Gasteiger partial charge on any atom is -0.374 e. The topological polar surface area (TPSA) is 44.8 Å². The van der Waals surface area contributed by atoms with E-state index in [1.807, 2.05) is 13.8 Å². The molecule has 0 saturated carbocycles. The Kier molecular flexibility index (Phi) is 14.1. The van der Waals surface area contributed by atoms with Crippen LogP contribution in [0.1, 0.15) is 47.5 Å². The molecule has 0 heterocycles. The summed E-state index contributed by atoms with van der Waals surface area (Å²) in [6, 6.07) is 0. The van der Waals surface area contributed by atoms with Crippen LogP contribution in [-0.4, -0.2) is 43.9 Å². The van der Waals surface area contributed by atoms with E-state index < -0.39 is 0 Å². The van der Waals surface area contributed by atoms with Gasteiger partial charge in [-0.05, 0) is 6.42 Å². The van der Waals surface area contributed by atoms with Gasteiger partial charge in [0.25, 0.3) is 0 Å². The van der Waals surface area contributed by atoms with Gasteiger partial charge in [0.2, 0.25) is 0 Å². The number of carbonyl (C=O) groups excluding carboxylic acids is 1. The molecule has 0 bridgehead atoms. The molecule has 0 saturated heterocycles. The number of Topliss-reactive ketones (excluding diaryl/α,β-unsaturated/α-hetero) is 1. The molecule has 0 aliphatic carbocycles. The zero-order chi connectivity index (χ0) is 20.8. The van der Waals surface area contributed by atoms with Gasteiger partial charge in [0.05, 0.1) is 38.1 Å². The van der Waals surface area contributed by atoms with Gasteiger partial charge in [-0.3, -0.25) is 4.79 Å². The summed E-state index contributed by atoms with van der Waals surface area (Å²) in [5.41, 5.74) is 0. The van der Waals surface area contributed by atoms with Crippen molar-refractivity contribution in [3.05, 3.63) is 38.0 Å². The van der Waals surface area contributed by atoms with E-state index in [1.54, 1.807) is 18.2 Å². The fourth-order valence-electron chi connectivity index (χ4n) is 3.63. The van der Waals surface area contributed by atoms with Gasteiger partial charge in [-0.25, -0.2) is 0 Å². The molecule has 0 rings (SSSR count). The predicted octanol–water partition coefficient (Wildman–Crippen LogP) is 5.00. The molecule has 6 atom stereocenters. The van der Waals surface area contributed by atoms with Crippen molar-refractivity contribution in [3.8, 4) is 0 Å². The molecule has 0 aliphatic heterocycles. The summed E-state index contributed by atoms with van der Waals surface area (Å²) < 4.78 is 18.2. The fourth-order valence-corrected chi connectivity index (χ4v) is 3.63. The van der Waals surface area contributed by atoms with E-state index in [1.165, 1.54) is 0 Å². The molecule has 27 heavy (non-hydrogen) atoms. The number of ketones is 1. The molecule has 0 aromatic carbocycles. The van der Waals surface area contributed by atoms with Crippen molar-refractivity contribution in [2.24, 2.45) is 17.8 Å². The van der Waals surface area contributed by atoms with Crippen LogP contribution >= 0.6 is 0 Å². The van der Waals surface area contributed by atoms with E-state index in [0.717, 1.165) is 6.42 Å². The molecule has 0 radical (unpaired) electrons. The maximum absolute atomic E-state index is 12.4. The van der Waals surface area contributed by atoms with E-state index in [-0.39, 0.29) is 41.8 Å². The Balaban J connectivity index is 5.59. The summed E-state index contributed by atoms with van der Waals surface area (Å²) in [5.74, 6) is 0.123. The van der Waals surface area contributed by atoms with Crippen molar-refractivity contribution < 1.29 is 19.0 Å². The molecule has 4 heteroatoms. The average molecular weight is 381 g/mol. The van der Waals surface area contributed by atoms with Gasteiger partial charge in [0.15, 0.2) is 0 Å². The second kappa shape index (κ2) is 14.8. The summed E-state index contributed by atoms with van der Waals surface area (Å²) in [4.78, 5) is 12.4. The molecular weight excluding hydrogens is 340 g/mol. The molecule has 0 aliphatic rings. The van der Waals surface area contributed by atoms with Gasteiger partial charge in [0, 0.05) is 24.2 Å². The van der Waals surface area contributed by atoms with Crippen LogP contribution in [0.3, 0.4) is 0 Å². The molecule has 0 unspecified atom stereocenters. The van der Waals surface area contributed by atoms with Crippen LogP contribution in [0.15, 0.2) is 38.0 Å². The van der Waals surface area contributed by atoms with Gasteiger partial charge in [-0.15, -0.1) is 19.7 Å². The van der Waals surface area contributed by atoms with Crippen molar-refractivity contribution in [2.45, 2.75) is 65.8 Å². The molecule has 0 fully saturated rings. The first kappa shape index (κ1) is 25.8. The smallest absolute Gasteiger partial charge is 0.138 e. The fraction of sp³-hybridized carbons (Fsp3) is 0.696. The lowest BCUT2D eigenvalue weighted by Crippen LogP contribution is -2.46. The van der Waals surface area contributed by atoms with Gasteiger partial charge >= 0.3 is 0 Å². The summed E-state index contributed by atoms with van der Waals surface area (Å²) in [5, 5.41) is 0. The normalized spacial score (nSPS) is 18.0. The van der Waals surface area contributed by atoms with Crippen molar-refractivity contribution >= 4 is 5.78 Å². The van der Waals surface area contributed by atoms with E-state index in [4.69, 9.17) is 14.2 Å². The Morgan fingerprint density at radius 3 is 1.74 bits per heavy atom. The first-order chi connectivity index (χ1) is 12.9.